The molecule has 0 unspecified atom stereocenters. The third kappa shape index (κ3) is 3.16. The van der Waals surface area contributed by atoms with Crippen LogP contribution in [0.2, 0.25) is 10.0 Å². The molecule has 0 atom stereocenters. The Morgan fingerprint density at radius 2 is 2.07 bits per heavy atom. The van der Waals surface area contributed by atoms with Crippen LogP contribution >= 0.6 is 23.2 Å². The maximum atomic E-state index is 8.99. The van der Waals surface area contributed by atoms with Gasteiger partial charge < -0.3 is 4.90 Å². The van der Waals surface area contributed by atoms with Crippen molar-refractivity contribution in [1.29, 1.82) is 5.26 Å². The van der Waals surface area contributed by atoms with E-state index in [1.165, 1.54) is 0 Å². The van der Waals surface area contributed by atoms with Gasteiger partial charge in [0, 0.05) is 30.9 Å². The summed E-state index contributed by atoms with van der Waals surface area (Å²) in [6.45, 7) is 0. The Labute approximate surface area is 99.3 Å². The van der Waals surface area contributed by atoms with Crippen molar-refractivity contribution in [3.05, 3.63) is 40.0 Å². The van der Waals surface area contributed by atoms with Crippen molar-refractivity contribution in [3.63, 3.8) is 0 Å². The summed E-state index contributed by atoms with van der Waals surface area (Å²) < 4.78 is 0. The molecule has 0 fully saturated rings. The average molecular weight is 241 g/mol. The minimum Gasteiger partial charge on any atom is -0.382 e. The van der Waals surface area contributed by atoms with Crippen molar-refractivity contribution in [2.45, 2.75) is 0 Å². The normalized spacial score (nSPS) is 11.0. The maximum absolute atomic E-state index is 8.99. The summed E-state index contributed by atoms with van der Waals surface area (Å²) in [4.78, 5) is 1.80. The van der Waals surface area contributed by atoms with Crippen molar-refractivity contribution < 1.29 is 0 Å². The first-order valence-electron chi connectivity index (χ1n) is 4.28. The van der Waals surface area contributed by atoms with E-state index >= 15 is 0 Å². The van der Waals surface area contributed by atoms with Crippen LogP contribution in [0.3, 0.4) is 0 Å². The third-order valence-corrected chi connectivity index (χ3v) is 2.28. The summed E-state index contributed by atoms with van der Waals surface area (Å²) in [5.41, 5.74) is 1.21. The molecule has 1 aromatic rings. The number of rotatable bonds is 2. The predicted octanol–water partition coefficient (Wildman–Crippen LogP) is 3.42. The van der Waals surface area contributed by atoms with Gasteiger partial charge in [0.15, 0.2) is 0 Å². The zero-order chi connectivity index (χ0) is 11.4. The lowest BCUT2D eigenvalue weighted by Crippen LogP contribution is -2.02. The van der Waals surface area contributed by atoms with Crippen LogP contribution in [0.1, 0.15) is 5.56 Å². The smallest absolute Gasteiger partial charge is 0.101 e. The Bertz CT molecular complexity index is 431. The van der Waals surface area contributed by atoms with E-state index in [0.717, 1.165) is 0 Å². The molecule has 0 aliphatic heterocycles. The molecule has 1 aromatic carbocycles. The molecule has 0 spiro atoms. The molecular weight excluding hydrogens is 231 g/mol. The Kier molecular flexibility index (Phi) is 4.02. The van der Waals surface area contributed by atoms with Gasteiger partial charge in [-0.25, -0.2) is 0 Å². The van der Waals surface area contributed by atoms with E-state index in [2.05, 4.69) is 6.07 Å². The number of nitriles is 1. The van der Waals surface area contributed by atoms with Crippen LogP contribution in [0.5, 0.6) is 0 Å². The largest absolute Gasteiger partial charge is 0.382 e. The number of halogens is 2. The topological polar surface area (TPSA) is 27.0 Å². The van der Waals surface area contributed by atoms with E-state index in [0.29, 0.717) is 21.2 Å². The van der Waals surface area contributed by atoms with Crippen molar-refractivity contribution in [2.24, 2.45) is 0 Å². The lowest BCUT2D eigenvalue weighted by molar-refractivity contribution is 0.566. The van der Waals surface area contributed by atoms with Gasteiger partial charge in [0.2, 0.25) is 0 Å². The quantitative estimate of drug-likeness (QED) is 0.742. The van der Waals surface area contributed by atoms with E-state index in [1.807, 2.05) is 14.1 Å². The molecule has 15 heavy (non-hydrogen) atoms. The van der Waals surface area contributed by atoms with Crippen LogP contribution in [0.4, 0.5) is 0 Å². The molecule has 1 rings (SSSR count). The molecule has 0 bridgehead atoms. The molecule has 0 aliphatic rings. The maximum Gasteiger partial charge on any atom is 0.101 e. The molecule has 0 aliphatic carbocycles. The monoisotopic (exact) mass is 240 g/mol. The minimum atomic E-state index is 0.483. The van der Waals surface area contributed by atoms with Gasteiger partial charge in [-0.05, 0) is 12.1 Å². The van der Waals surface area contributed by atoms with Crippen molar-refractivity contribution in [3.8, 4) is 6.07 Å². The van der Waals surface area contributed by atoms with E-state index in [-0.39, 0.29) is 0 Å². The standard InChI is InChI=1S/C11H10Cl2N2/c1-15(2)7-8(6-14)10-4-3-9(12)5-11(10)13/h3-5,7H,1-2H3/b8-7-. The van der Waals surface area contributed by atoms with E-state index in [9.17, 15) is 0 Å². The molecule has 0 saturated carbocycles. The molecule has 0 N–H and O–H groups in total. The summed E-state index contributed by atoms with van der Waals surface area (Å²) >= 11 is 11.8. The van der Waals surface area contributed by atoms with Gasteiger partial charge in [-0.3, -0.25) is 0 Å². The summed E-state index contributed by atoms with van der Waals surface area (Å²) in [6, 6.07) is 7.18. The summed E-state index contributed by atoms with van der Waals surface area (Å²) in [7, 11) is 3.70. The van der Waals surface area contributed by atoms with Crippen LogP contribution in [0.15, 0.2) is 24.4 Å². The van der Waals surface area contributed by atoms with Gasteiger partial charge in [0.05, 0.1) is 10.6 Å². The average Bonchev–Trinajstić information content (AvgIpc) is 2.14. The van der Waals surface area contributed by atoms with E-state index < -0.39 is 0 Å². The molecule has 0 radical (unpaired) electrons. The summed E-state index contributed by atoms with van der Waals surface area (Å²) in [6.07, 6.45) is 1.72. The van der Waals surface area contributed by atoms with E-state index in [4.69, 9.17) is 28.5 Å². The molecule has 0 saturated heterocycles. The van der Waals surface area contributed by atoms with Crippen molar-refractivity contribution in [1.82, 2.24) is 4.90 Å². The van der Waals surface area contributed by atoms with Crippen molar-refractivity contribution in [2.75, 3.05) is 14.1 Å². The highest BCUT2D eigenvalue weighted by molar-refractivity contribution is 6.35. The fourth-order valence-electron chi connectivity index (χ4n) is 1.12. The van der Waals surface area contributed by atoms with E-state index in [1.54, 1.807) is 29.3 Å². The summed E-state index contributed by atoms with van der Waals surface area (Å²) in [5, 5.41) is 10.0. The zero-order valence-corrected chi connectivity index (χ0v) is 9.97. The molecule has 0 aromatic heterocycles. The van der Waals surface area contributed by atoms with Gasteiger partial charge in [-0.15, -0.1) is 0 Å². The predicted molar refractivity (Wildman–Crippen MR) is 63.7 cm³/mol. The Balaban J connectivity index is 3.21. The van der Waals surface area contributed by atoms with Crippen LogP contribution < -0.4 is 0 Å². The first-order valence-corrected chi connectivity index (χ1v) is 5.04. The van der Waals surface area contributed by atoms with Gasteiger partial charge >= 0.3 is 0 Å². The third-order valence-electron chi connectivity index (χ3n) is 1.73. The molecular formula is C11H10Cl2N2. The molecule has 0 heterocycles. The lowest BCUT2D eigenvalue weighted by Gasteiger charge is -2.08. The highest BCUT2D eigenvalue weighted by Crippen LogP contribution is 2.26. The Morgan fingerprint density at radius 3 is 2.53 bits per heavy atom. The van der Waals surface area contributed by atoms with Gasteiger partial charge in [-0.1, -0.05) is 29.3 Å². The second-order valence-corrected chi connectivity index (χ2v) is 4.09. The Morgan fingerprint density at radius 1 is 1.40 bits per heavy atom. The number of hydrogen-bond donors (Lipinski definition) is 0. The fraction of sp³-hybridized carbons (Fsp3) is 0.182. The zero-order valence-electron chi connectivity index (χ0n) is 8.46. The van der Waals surface area contributed by atoms with Gasteiger partial charge in [-0.2, -0.15) is 5.26 Å². The second-order valence-electron chi connectivity index (χ2n) is 3.24. The van der Waals surface area contributed by atoms with Crippen LogP contribution in [-0.4, -0.2) is 19.0 Å². The highest BCUT2D eigenvalue weighted by Gasteiger charge is 2.06. The first kappa shape index (κ1) is 11.9. The molecule has 2 nitrogen and oxygen atoms in total. The molecule has 78 valence electrons. The van der Waals surface area contributed by atoms with Gasteiger partial charge in [0.1, 0.15) is 6.07 Å². The van der Waals surface area contributed by atoms with Crippen molar-refractivity contribution >= 4 is 28.8 Å². The first-order chi connectivity index (χ1) is 7.04. The molecule has 0 amide bonds. The summed E-state index contributed by atoms with van der Waals surface area (Å²) in [5.74, 6) is 0. The van der Waals surface area contributed by atoms with Crippen LogP contribution in [-0.2, 0) is 0 Å². The van der Waals surface area contributed by atoms with Gasteiger partial charge in [0.25, 0.3) is 0 Å². The number of nitrogens with zero attached hydrogens (tertiary/aromatic N) is 2. The van der Waals surface area contributed by atoms with Crippen LogP contribution in [0.25, 0.3) is 5.57 Å². The lowest BCUT2D eigenvalue weighted by atomic mass is 10.1. The second kappa shape index (κ2) is 5.06. The minimum absolute atomic E-state index is 0.483. The van der Waals surface area contributed by atoms with Crippen LogP contribution in [0, 0.1) is 11.3 Å². The SMILES string of the molecule is CN(C)/C=C(/C#N)c1ccc(Cl)cc1Cl. The highest BCUT2D eigenvalue weighted by atomic mass is 35.5. The number of hydrogen-bond acceptors (Lipinski definition) is 2. The number of allylic oxidation sites excluding steroid dienone is 1. The Hall–Kier alpha value is -1.17. The molecule has 4 heteroatoms. The number of benzene rings is 1. The fourth-order valence-corrected chi connectivity index (χ4v) is 1.64.